The second-order valence-electron chi connectivity index (χ2n) is 5.77. The van der Waals surface area contributed by atoms with Gasteiger partial charge in [-0.15, -0.1) is 11.8 Å². The lowest BCUT2D eigenvalue weighted by molar-refractivity contribution is 0.0961. The SMILES string of the molecule is O=C(c1ccc(-c2ccccc2Cl)o1)N1CCCSc2ccccc21. The molecule has 1 aromatic heterocycles. The number of carbonyl (C=O) groups is 1. The van der Waals surface area contributed by atoms with E-state index in [9.17, 15) is 4.79 Å². The van der Waals surface area contributed by atoms with Crippen molar-refractivity contribution in [3.63, 3.8) is 0 Å². The Morgan fingerprint density at radius 1 is 1.04 bits per heavy atom. The highest BCUT2D eigenvalue weighted by Crippen LogP contribution is 2.35. The van der Waals surface area contributed by atoms with Crippen LogP contribution < -0.4 is 4.90 Å². The number of halogens is 1. The van der Waals surface area contributed by atoms with E-state index in [4.69, 9.17) is 16.0 Å². The molecule has 1 aliphatic heterocycles. The number of thioether (sulfide) groups is 1. The fourth-order valence-electron chi connectivity index (χ4n) is 2.93. The van der Waals surface area contributed by atoms with E-state index in [1.807, 2.05) is 47.4 Å². The summed E-state index contributed by atoms with van der Waals surface area (Å²) in [5, 5.41) is 0.604. The van der Waals surface area contributed by atoms with Crippen LogP contribution in [-0.2, 0) is 0 Å². The first-order valence-corrected chi connectivity index (χ1v) is 9.49. The summed E-state index contributed by atoms with van der Waals surface area (Å²) in [5.41, 5.74) is 1.74. The number of nitrogens with zero attached hydrogens (tertiary/aromatic N) is 1. The highest BCUT2D eigenvalue weighted by atomic mass is 35.5. The number of fused-ring (bicyclic) bond motifs is 1. The summed E-state index contributed by atoms with van der Waals surface area (Å²) in [6.45, 7) is 0.685. The van der Waals surface area contributed by atoms with Gasteiger partial charge in [-0.05, 0) is 48.6 Å². The second-order valence-corrected chi connectivity index (χ2v) is 7.31. The van der Waals surface area contributed by atoms with Gasteiger partial charge in [0.15, 0.2) is 5.76 Å². The molecule has 126 valence electrons. The van der Waals surface area contributed by atoms with Gasteiger partial charge in [-0.2, -0.15) is 0 Å². The van der Waals surface area contributed by atoms with Gasteiger partial charge in [0.1, 0.15) is 5.76 Å². The summed E-state index contributed by atoms with van der Waals surface area (Å²) in [4.78, 5) is 16.0. The van der Waals surface area contributed by atoms with Crippen LogP contribution >= 0.6 is 23.4 Å². The van der Waals surface area contributed by atoms with Crippen LogP contribution in [0, 0.1) is 0 Å². The predicted molar refractivity (Wildman–Crippen MR) is 103 cm³/mol. The Labute approximate surface area is 155 Å². The van der Waals surface area contributed by atoms with E-state index in [1.165, 1.54) is 0 Å². The molecule has 1 aliphatic rings. The third-order valence-electron chi connectivity index (χ3n) is 4.14. The van der Waals surface area contributed by atoms with E-state index in [-0.39, 0.29) is 5.91 Å². The third kappa shape index (κ3) is 3.20. The molecular formula is C20H16ClNO2S. The molecule has 2 aromatic carbocycles. The number of carbonyl (C=O) groups excluding carboxylic acids is 1. The molecule has 0 saturated carbocycles. The number of amides is 1. The Hall–Kier alpha value is -2.17. The van der Waals surface area contributed by atoms with Crippen LogP contribution in [0.25, 0.3) is 11.3 Å². The van der Waals surface area contributed by atoms with Crippen molar-refractivity contribution in [1.82, 2.24) is 0 Å². The van der Waals surface area contributed by atoms with E-state index in [0.717, 1.165) is 28.3 Å². The predicted octanol–water partition coefficient (Wildman–Crippen LogP) is 5.74. The smallest absolute Gasteiger partial charge is 0.294 e. The van der Waals surface area contributed by atoms with Gasteiger partial charge in [-0.1, -0.05) is 35.9 Å². The summed E-state index contributed by atoms with van der Waals surface area (Å²) >= 11 is 8.01. The quantitative estimate of drug-likeness (QED) is 0.577. The zero-order valence-corrected chi connectivity index (χ0v) is 15.0. The van der Waals surface area contributed by atoms with E-state index in [0.29, 0.717) is 23.1 Å². The maximum absolute atomic E-state index is 13.0. The molecule has 4 rings (SSSR count). The zero-order valence-electron chi connectivity index (χ0n) is 13.4. The molecule has 3 aromatic rings. The Kier molecular flexibility index (Phi) is 4.55. The van der Waals surface area contributed by atoms with Crippen LogP contribution in [0.2, 0.25) is 5.02 Å². The van der Waals surface area contributed by atoms with Crippen molar-refractivity contribution in [2.24, 2.45) is 0 Å². The van der Waals surface area contributed by atoms with Crippen molar-refractivity contribution in [3.05, 3.63) is 71.4 Å². The lowest BCUT2D eigenvalue weighted by Gasteiger charge is -2.21. The molecule has 5 heteroatoms. The Morgan fingerprint density at radius 2 is 1.84 bits per heavy atom. The van der Waals surface area contributed by atoms with Crippen molar-refractivity contribution in [1.29, 1.82) is 0 Å². The van der Waals surface area contributed by atoms with Crippen molar-refractivity contribution < 1.29 is 9.21 Å². The number of hydrogen-bond acceptors (Lipinski definition) is 3. The molecule has 0 N–H and O–H groups in total. The Balaban J connectivity index is 1.67. The molecule has 0 aliphatic carbocycles. The Bertz CT molecular complexity index is 921. The van der Waals surface area contributed by atoms with Gasteiger partial charge in [0.05, 0.1) is 10.7 Å². The minimum absolute atomic E-state index is 0.117. The van der Waals surface area contributed by atoms with Crippen LogP contribution in [0.15, 0.2) is 70.0 Å². The van der Waals surface area contributed by atoms with Crippen LogP contribution in [0.1, 0.15) is 17.0 Å². The molecule has 1 amide bonds. The fraction of sp³-hybridized carbons (Fsp3) is 0.150. The lowest BCUT2D eigenvalue weighted by Crippen LogP contribution is -2.31. The number of furan rings is 1. The second kappa shape index (κ2) is 6.98. The average Bonchev–Trinajstić information content (AvgIpc) is 3.02. The van der Waals surface area contributed by atoms with Gasteiger partial charge in [-0.3, -0.25) is 4.79 Å². The summed E-state index contributed by atoms with van der Waals surface area (Å²) in [7, 11) is 0. The van der Waals surface area contributed by atoms with E-state index in [1.54, 1.807) is 23.9 Å². The van der Waals surface area contributed by atoms with E-state index < -0.39 is 0 Å². The maximum Gasteiger partial charge on any atom is 0.294 e. The van der Waals surface area contributed by atoms with E-state index >= 15 is 0 Å². The molecule has 0 spiro atoms. The Morgan fingerprint density at radius 3 is 2.72 bits per heavy atom. The van der Waals surface area contributed by atoms with Crippen LogP contribution in [0.3, 0.4) is 0 Å². The first kappa shape index (κ1) is 16.3. The number of para-hydroxylation sites is 1. The van der Waals surface area contributed by atoms with Crippen molar-refractivity contribution in [2.45, 2.75) is 11.3 Å². The normalized spacial score (nSPS) is 14.0. The molecule has 0 radical (unpaired) electrons. The molecule has 0 saturated heterocycles. The van der Waals surface area contributed by atoms with Gasteiger partial charge < -0.3 is 9.32 Å². The molecule has 2 heterocycles. The average molecular weight is 370 g/mol. The van der Waals surface area contributed by atoms with Crippen molar-refractivity contribution >= 4 is 35.0 Å². The van der Waals surface area contributed by atoms with Crippen molar-refractivity contribution in [2.75, 3.05) is 17.2 Å². The summed E-state index contributed by atoms with van der Waals surface area (Å²) < 4.78 is 5.84. The standard InChI is InChI=1S/C20H16ClNO2S/c21-15-7-2-1-6-14(15)17-10-11-18(24-17)20(23)22-12-5-13-25-19-9-4-3-8-16(19)22/h1-4,6-11H,5,12-13H2. The van der Waals surface area contributed by atoms with Crippen LogP contribution in [0.5, 0.6) is 0 Å². The molecular weight excluding hydrogens is 354 g/mol. The monoisotopic (exact) mass is 369 g/mol. The van der Waals surface area contributed by atoms with Gasteiger partial charge in [0.2, 0.25) is 0 Å². The first-order chi connectivity index (χ1) is 12.2. The first-order valence-electron chi connectivity index (χ1n) is 8.12. The van der Waals surface area contributed by atoms with Crippen LogP contribution in [0.4, 0.5) is 5.69 Å². The fourth-order valence-corrected chi connectivity index (χ4v) is 4.15. The summed E-state index contributed by atoms with van der Waals surface area (Å²) in [5.74, 6) is 1.82. The van der Waals surface area contributed by atoms with Crippen LogP contribution in [-0.4, -0.2) is 18.2 Å². The minimum Gasteiger partial charge on any atom is -0.451 e. The van der Waals surface area contributed by atoms with Gasteiger partial charge in [0.25, 0.3) is 5.91 Å². The number of hydrogen-bond donors (Lipinski definition) is 0. The third-order valence-corrected chi connectivity index (χ3v) is 5.62. The molecule has 0 bridgehead atoms. The highest BCUT2D eigenvalue weighted by Gasteiger charge is 2.25. The summed E-state index contributed by atoms with van der Waals surface area (Å²) in [6, 6.07) is 19.0. The lowest BCUT2D eigenvalue weighted by atomic mass is 10.2. The molecule has 25 heavy (non-hydrogen) atoms. The number of rotatable bonds is 2. The molecule has 0 unspecified atom stereocenters. The van der Waals surface area contributed by atoms with Crippen molar-refractivity contribution in [3.8, 4) is 11.3 Å². The maximum atomic E-state index is 13.0. The zero-order chi connectivity index (χ0) is 17.2. The number of benzene rings is 2. The minimum atomic E-state index is -0.117. The van der Waals surface area contributed by atoms with Gasteiger partial charge in [-0.25, -0.2) is 0 Å². The van der Waals surface area contributed by atoms with E-state index in [2.05, 4.69) is 6.07 Å². The molecule has 3 nitrogen and oxygen atoms in total. The highest BCUT2D eigenvalue weighted by molar-refractivity contribution is 7.99. The largest absolute Gasteiger partial charge is 0.451 e. The number of anilines is 1. The topological polar surface area (TPSA) is 33.5 Å². The van der Waals surface area contributed by atoms with Gasteiger partial charge in [0, 0.05) is 17.0 Å². The molecule has 0 atom stereocenters. The van der Waals surface area contributed by atoms with Gasteiger partial charge >= 0.3 is 0 Å². The molecule has 0 fully saturated rings. The summed E-state index contributed by atoms with van der Waals surface area (Å²) in [6.07, 6.45) is 0.948.